The van der Waals surface area contributed by atoms with Crippen LogP contribution in [-0.4, -0.2) is 23.7 Å². The zero-order chi connectivity index (χ0) is 18.1. The lowest BCUT2D eigenvalue weighted by atomic mass is 10.2. The molecule has 0 heterocycles. The number of thioether (sulfide) groups is 1. The largest absolute Gasteiger partial charge is 0.453 e. The second-order valence-corrected chi connectivity index (χ2v) is 6.36. The highest BCUT2D eigenvalue weighted by atomic mass is 32.2. The third-order valence-corrected chi connectivity index (χ3v) is 4.31. The Balaban J connectivity index is 1.78. The van der Waals surface area contributed by atoms with Crippen molar-refractivity contribution >= 4 is 29.3 Å². The first kappa shape index (κ1) is 18.6. The van der Waals surface area contributed by atoms with E-state index >= 15 is 0 Å². The second-order valence-electron chi connectivity index (χ2n) is 5.19. The van der Waals surface area contributed by atoms with Crippen molar-refractivity contribution in [3.05, 3.63) is 60.2 Å². The average molecular weight is 354 g/mol. The van der Waals surface area contributed by atoms with Gasteiger partial charge < -0.3 is 10.1 Å². The van der Waals surface area contributed by atoms with Crippen molar-refractivity contribution in [3.63, 3.8) is 0 Å². The number of nitrogens with one attached hydrogen (secondary N) is 1. The molecule has 0 unspecified atom stereocenters. The SMILES string of the molecule is C[C@@H](OC(=O)CCSc1ccccc1)C(=O)Nc1ccccc1C#N. The number of hydrogen-bond donors (Lipinski definition) is 1. The molecule has 0 fully saturated rings. The van der Waals surface area contributed by atoms with Crippen molar-refractivity contribution in [2.45, 2.75) is 24.3 Å². The maximum absolute atomic E-state index is 12.1. The fourth-order valence-corrected chi connectivity index (χ4v) is 2.86. The number of benzene rings is 2. The lowest BCUT2D eigenvalue weighted by Crippen LogP contribution is -2.30. The number of nitrogens with zero attached hydrogens (tertiary/aromatic N) is 1. The van der Waals surface area contributed by atoms with Gasteiger partial charge in [0.25, 0.3) is 5.91 Å². The molecule has 6 heteroatoms. The van der Waals surface area contributed by atoms with Gasteiger partial charge in [-0.25, -0.2) is 0 Å². The molecule has 0 aliphatic carbocycles. The van der Waals surface area contributed by atoms with Crippen LogP contribution in [0.2, 0.25) is 0 Å². The fourth-order valence-electron chi connectivity index (χ4n) is 2.00. The van der Waals surface area contributed by atoms with Crippen LogP contribution in [0.4, 0.5) is 5.69 Å². The van der Waals surface area contributed by atoms with Gasteiger partial charge in [0.1, 0.15) is 6.07 Å². The van der Waals surface area contributed by atoms with Gasteiger partial charge in [-0.05, 0) is 31.2 Å². The quantitative estimate of drug-likeness (QED) is 0.607. The van der Waals surface area contributed by atoms with Gasteiger partial charge in [0, 0.05) is 10.6 Å². The van der Waals surface area contributed by atoms with E-state index in [0.29, 0.717) is 17.0 Å². The van der Waals surface area contributed by atoms with E-state index in [0.717, 1.165) is 4.90 Å². The van der Waals surface area contributed by atoms with Gasteiger partial charge in [0.05, 0.1) is 17.7 Å². The lowest BCUT2D eigenvalue weighted by Gasteiger charge is -2.14. The predicted molar refractivity (Wildman–Crippen MR) is 97.1 cm³/mol. The molecule has 1 N–H and O–H groups in total. The number of amides is 1. The molecule has 0 aromatic heterocycles. The Labute approximate surface area is 151 Å². The highest BCUT2D eigenvalue weighted by Gasteiger charge is 2.18. The van der Waals surface area contributed by atoms with E-state index < -0.39 is 18.0 Å². The fraction of sp³-hybridized carbons (Fsp3) is 0.211. The Morgan fingerprint density at radius 1 is 1.16 bits per heavy atom. The third kappa shape index (κ3) is 5.98. The summed E-state index contributed by atoms with van der Waals surface area (Å²) in [6.45, 7) is 1.51. The van der Waals surface area contributed by atoms with E-state index in [1.54, 1.807) is 36.0 Å². The van der Waals surface area contributed by atoms with Crippen molar-refractivity contribution in [1.82, 2.24) is 0 Å². The third-order valence-electron chi connectivity index (χ3n) is 3.30. The molecule has 25 heavy (non-hydrogen) atoms. The molecule has 0 bridgehead atoms. The Bertz CT molecular complexity index is 772. The van der Waals surface area contributed by atoms with Gasteiger partial charge in [-0.15, -0.1) is 11.8 Å². The lowest BCUT2D eigenvalue weighted by molar-refractivity contribution is -0.152. The number of hydrogen-bond acceptors (Lipinski definition) is 5. The summed E-state index contributed by atoms with van der Waals surface area (Å²) in [5.74, 6) is -0.319. The van der Waals surface area contributed by atoms with Crippen molar-refractivity contribution in [2.24, 2.45) is 0 Å². The second kappa shape index (κ2) is 9.50. The summed E-state index contributed by atoms with van der Waals surface area (Å²) in [5.41, 5.74) is 0.756. The molecule has 5 nitrogen and oxygen atoms in total. The summed E-state index contributed by atoms with van der Waals surface area (Å²) in [5, 5.41) is 11.6. The number of para-hydroxylation sites is 1. The number of anilines is 1. The standard InChI is InChI=1S/C19H18N2O3S/c1-14(19(23)21-17-10-6-5-7-15(17)13-20)24-18(22)11-12-25-16-8-3-2-4-9-16/h2-10,14H,11-12H2,1H3,(H,21,23)/t14-/m1/s1. The van der Waals surface area contributed by atoms with Gasteiger partial charge in [-0.2, -0.15) is 5.26 Å². The molecular formula is C19H18N2O3S. The molecule has 0 saturated carbocycles. The zero-order valence-corrected chi connectivity index (χ0v) is 14.6. The molecule has 128 valence electrons. The normalized spacial score (nSPS) is 11.2. The number of esters is 1. The summed E-state index contributed by atoms with van der Waals surface area (Å²) in [6, 6.07) is 18.4. The van der Waals surface area contributed by atoms with Crippen molar-refractivity contribution < 1.29 is 14.3 Å². The molecular weight excluding hydrogens is 336 g/mol. The van der Waals surface area contributed by atoms with Crippen LogP contribution in [0.15, 0.2) is 59.5 Å². The summed E-state index contributed by atoms with van der Waals surface area (Å²) in [4.78, 5) is 25.0. The minimum Gasteiger partial charge on any atom is -0.453 e. The van der Waals surface area contributed by atoms with Crippen LogP contribution in [0.1, 0.15) is 18.9 Å². The van der Waals surface area contributed by atoms with Crippen LogP contribution >= 0.6 is 11.8 Å². The van der Waals surface area contributed by atoms with Crippen LogP contribution in [0.3, 0.4) is 0 Å². The number of nitriles is 1. The molecule has 0 aliphatic heterocycles. The maximum atomic E-state index is 12.1. The van der Waals surface area contributed by atoms with Crippen LogP contribution in [0.5, 0.6) is 0 Å². The van der Waals surface area contributed by atoms with Gasteiger partial charge in [0.15, 0.2) is 6.10 Å². The zero-order valence-electron chi connectivity index (χ0n) is 13.8. The van der Waals surface area contributed by atoms with Crippen LogP contribution in [0, 0.1) is 11.3 Å². The van der Waals surface area contributed by atoms with Crippen molar-refractivity contribution in [3.8, 4) is 6.07 Å². The first-order valence-corrected chi connectivity index (χ1v) is 8.76. The van der Waals surface area contributed by atoms with E-state index in [1.807, 2.05) is 36.4 Å². The first-order valence-electron chi connectivity index (χ1n) is 7.77. The molecule has 2 aromatic rings. The Morgan fingerprint density at radius 3 is 2.56 bits per heavy atom. The minimum absolute atomic E-state index is 0.214. The van der Waals surface area contributed by atoms with Crippen LogP contribution in [0.25, 0.3) is 0 Å². The molecule has 1 amide bonds. The Kier molecular flexibility index (Phi) is 7.05. The van der Waals surface area contributed by atoms with Crippen LogP contribution in [-0.2, 0) is 14.3 Å². The molecule has 1 atom stereocenters. The summed E-state index contributed by atoms with van der Waals surface area (Å²) in [6.07, 6.45) is -0.715. The van der Waals surface area contributed by atoms with Crippen molar-refractivity contribution in [1.29, 1.82) is 5.26 Å². The number of ether oxygens (including phenoxy) is 1. The number of carbonyl (C=O) groups is 2. The Morgan fingerprint density at radius 2 is 1.84 bits per heavy atom. The highest BCUT2D eigenvalue weighted by molar-refractivity contribution is 7.99. The van der Waals surface area contributed by atoms with E-state index in [9.17, 15) is 9.59 Å². The van der Waals surface area contributed by atoms with Crippen molar-refractivity contribution in [2.75, 3.05) is 11.1 Å². The maximum Gasteiger partial charge on any atom is 0.307 e. The molecule has 0 aliphatic rings. The van der Waals surface area contributed by atoms with E-state index in [-0.39, 0.29) is 6.42 Å². The van der Waals surface area contributed by atoms with Gasteiger partial charge in [-0.3, -0.25) is 9.59 Å². The molecule has 2 rings (SSSR count). The smallest absolute Gasteiger partial charge is 0.307 e. The minimum atomic E-state index is -0.930. The molecule has 0 spiro atoms. The van der Waals surface area contributed by atoms with Crippen LogP contribution < -0.4 is 5.32 Å². The molecule has 0 saturated heterocycles. The first-order chi connectivity index (χ1) is 12.1. The average Bonchev–Trinajstić information content (AvgIpc) is 2.63. The van der Waals surface area contributed by atoms with E-state index in [4.69, 9.17) is 10.00 Å². The molecule has 2 aromatic carbocycles. The summed E-state index contributed by atoms with van der Waals surface area (Å²) in [7, 11) is 0. The monoisotopic (exact) mass is 354 g/mol. The molecule has 0 radical (unpaired) electrons. The number of carbonyl (C=O) groups excluding carboxylic acids is 2. The summed E-state index contributed by atoms with van der Waals surface area (Å²) < 4.78 is 5.15. The summed E-state index contributed by atoms with van der Waals surface area (Å²) >= 11 is 1.55. The van der Waals surface area contributed by atoms with Gasteiger partial charge in [-0.1, -0.05) is 30.3 Å². The number of rotatable bonds is 7. The highest BCUT2D eigenvalue weighted by Crippen LogP contribution is 2.18. The van der Waals surface area contributed by atoms with Gasteiger partial charge >= 0.3 is 5.97 Å². The predicted octanol–water partition coefficient (Wildman–Crippen LogP) is 3.61. The topological polar surface area (TPSA) is 79.2 Å². The Hall–Kier alpha value is -2.78. The van der Waals surface area contributed by atoms with E-state index in [2.05, 4.69) is 5.32 Å². The van der Waals surface area contributed by atoms with E-state index in [1.165, 1.54) is 6.92 Å². The van der Waals surface area contributed by atoms with Gasteiger partial charge in [0.2, 0.25) is 0 Å².